The SMILES string of the molecule is CC(C)CCN(CCC(C)C)C[C@@H]1CNC[C@H]1C. The van der Waals surface area contributed by atoms with Crippen molar-refractivity contribution in [2.75, 3.05) is 32.7 Å². The normalized spacial score (nSPS) is 24.7. The highest BCUT2D eigenvalue weighted by Gasteiger charge is 2.25. The van der Waals surface area contributed by atoms with E-state index in [2.05, 4.69) is 44.8 Å². The van der Waals surface area contributed by atoms with Gasteiger partial charge in [0.1, 0.15) is 0 Å². The molecule has 0 unspecified atom stereocenters. The zero-order chi connectivity index (χ0) is 13.5. The second-order valence-corrected chi connectivity index (χ2v) is 7.06. The maximum atomic E-state index is 3.53. The molecule has 0 aliphatic carbocycles. The van der Waals surface area contributed by atoms with Gasteiger partial charge in [-0.1, -0.05) is 34.6 Å². The van der Waals surface area contributed by atoms with E-state index in [1.54, 1.807) is 0 Å². The Labute approximate surface area is 115 Å². The van der Waals surface area contributed by atoms with E-state index in [-0.39, 0.29) is 0 Å². The van der Waals surface area contributed by atoms with Crippen molar-refractivity contribution < 1.29 is 0 Å². The van der Waals surface area contributed by atoms with Crippen LogP contribution in [0.15, 0.2) is 0 Å². The summed E-state index contributed by atoms with van der Waals surface area (Å²) in [6.45, 7) is 18.0. The number of hydrogen-bond donors (Lipinski definition) is 1. The van der Waals surface area contributed by atoms with E-state index in [4.69, 9.17) is 0 Å². The van der Waals surface area contributed by atoms with E-state index >= 15 is 0 Å². The molecule has 0 saturated carbocycles. The molecule has 2 atom stereocenters. The molecule has 1 rings (SSSR count). The molecule has 1 heterocycles. The molecule has 0 aromatic heterocycles. The minimum absolute atomic E-state index is 0.825. The first kappa shape index (κ1) is 16.0. The van der Waals surface area contributed by atoms with Gasteiger partial charge in [0.25, 0.3) is 0 Å². The first-order valence-electron chi connectivity index (χ1n) is 7.92. The van der Waals surface area contributed by atoms with Gasteiger partial charge < -0.3 is 10.2 Å². The monoisotopic (exact) mass is 254 g/mol. The second kappa shape index (κ2) is 8.16. The van der Waals surface area contributed by atoms with Crippen LogP contribution in [0, 0.1) is 23.7 Å². The summed E-state index contributed by atoms with van der Waals surface area (Å²) in [5.74, 6) is 3.37. The number of nitrogens with zero attached hydrogens (tertiary/aromatic N) is 1. The Balaban J connectivity index is 2.37. The smallest absolute Gasteiger partial charge is 0.00248 e. The van der Waals surface area contributed by atoms with E-state index in [1.165, 1.54) is 45.6 Å². The van der Waals surface area contributed by atoms with E-state index in [0.717, 1.165) is 23.7 Å². The molecule has 18 heavy (non-hydrogen) atoms. The lowest BCUT2D eigenvalue weighted by molar-refractivity contribution is 0.198. The van der Waals surface area contributed by atoms with Gasteiger partial charge in [0.15, 0.2) is 0 Å². The average molecular weight is 254 g/mol. The summed E-state index contributed by atoms with van der Waals surface area (Å²) in [5.41, 5.74) is 0. The van der Waals surface area contributed by atoms with Gasteiger partial charge in [-0.25, -0.2) is 0 Å². The van der Waals surface area contributed by atoms with Gasteiger partial charge in [-0.3, -0.25) is 0 Å². The maximum absolute atomic E-state index is 3.53. The van der Waals surface area contributed by atoms with Crippen molar-refractivity contribution in [3.63, 3.8) is 0 Å². The highest BCUT2D eigenvalue weighted by molar-refractivity contribution is 4.80. The van der Waals surface area contributed by atoms with Gasteiger partial charge in [-0.2, -0.15) is 0 Å². The third kappa shape index (κ3) is 6.19. The van der Waals surface area contributed by atoms with Crippen LogP contribution in [-0.4, -0.2) is 37.6 Å². The van der Waals surface area contributed by atoms with E-state index in [0.29, 0.717) is 0 Å². The standard InChI is InChI=1S/C16H34N2/c1-13(2)6-8-18(9-7-14(3)4)12-16-11-17-10-15(16)5/h13-17H,6-12H2,1-5H3/t15-,16+/m1/s1. The van der Waals surface area contributed by atoms with Crippen LogP contribution in [0.5, 0.6) is 0 Å². The third-order valence-corrected chi connectivity index (χ3v) is 4.22. The molecule has 2 nitrogen and oxygen atoms in total. The molecule has 0 aromatic carbocycles. The summed E-state index contributed by atoms with van der Waals surface area (Å²) in [4.78, 5) is 2.72. The van der Waals surface area contributed by atoms with Gasteiger partial charge in [0, 0.05) is 6.54 Å². The first-order valence-corrected chi connectivity index (χ1v) is 7.92. The fourth-order valence-corrected chi connectivity index (χ4v) is 2.62. The van der Waals surface area contributed by atoms with Gasteiger partial charge in [0.2, 0.25) is 0 Å². The fraction of sp³-hybridized carbons (Fsp3) is 1.00. The van der Waals surface area contributed by atoms with E-state index in [9.17, 15) is 0 Å². The molecule has 0 amide bonds. The van der Waals surface area contributed by atoms with Crippen LogP contribution in [0.1, 0.15) is 47.5 Å². The molecule has 2 heteroatoms. The van der Waals surface area contributed by atoms with Crippen molar-refractivity contribution in [3.8, 4) is 0 Å². The highest BCUT2D eigenvalue weighted by Crippen LogP contribution is 2.18. The average Bonchev–Trinajstić information content (AvgIpc) is 2.68. The van der Waals surface area contributed by atoms with Crippen molar-refractivity contribution in [1.82, 2.24) is 10.2 Å². The van der Waals surface area contributed by atoms with Crippen LogP contribution in [0.2, 0.25) is 0 Å². The molecular weight excluding hydrogens is 220 g/mol. The number of nitrogens with one attached hydrogen (secondary N) is 1. The van der Waals surface area contributed by atoms with Crippen LogP contribution in [0.4, 0.5) is 0 Å². The van der Waals surface area contributed by atoms with Crippen LogP contribution in [0.3, 0.4) is 0 Å². The zero-order valence-corrected chi connectivity index (χ0v) is 13.2. The Bertz CT molecular complexity index is 201. The topological polar surface area (TPSA) is 15.3 Å². The van der Waals surface area contributed by atoms with Crippen molar-refractivity contribution in [2.45, 2.75) is 47.5 Å². The molecule has 1 N–H and O–H groups in total. The Kier molecular flexibility index (Phi) is 7.25. The molecule has 0 aromatic rings. The second-order valence-electron chi connectivity index (χ2n) is 7.06. The van der Waals surface area contributed by atoms with Crippen LogP contribution in [0.25, 0.3) is 0 Å². The molecule has 1 aliphatic rings. The molecule has 0 spiro atoms. The largest absolute Gasteiger partial charge is 0.316 e. The molecular formula is C16H34N2. The van der Waals surface area contributed by atoms with Gasteiger partial charge in [-0.15, -0.1) is 0 Å². The highest BCUT2D eigenvalue weighted by atomic mass is 15.1. The molecule has 0 radical (unpaired) electrons. The molecule has 1 aliphatic heterocycles. The lowest BCUT2D eigenvalue weighted by Gasteiger charge is -2.28. The summed E-state index contributed by atoms with van der Waals surface area (Å²) in [6, 6.07) is 0. The molecule has 0 bridgehead atoms. The van der Waals surface area contributed by atoms with Crippen molar-refractivity contribution in [1.29, 1.82) is 0 Å². The Morgan fingerprint density at radius 1 is 1.00 bits per heavy atom. The zero-order valence-electron chi connectivity index (χ0n) is 13.2. The lowest BCUT2D eigenvalue weighted by atomic mass is 9.97. The van der Waals surface area contributed by atoms with Crippen LogP contribution in [-0.2, 0) is 0 Å². The minimum atomic E-state index is 0.825. The lowest BCUT2D eigenvalue weighted by Crippen LogP contribution is -2.35. The van der Waals surface area contributed by atoms with E-state index < -0.39 is 0 Å². The van der Waals surface area contributed by atoms with Crippen LogP contribution < -0.4 is 5.32 Å². The third-order valence-electron chi connectivity index (χ3n) is 4.22. The predicted octanol–water partition coefficient (Wildman–Crippen LogP) is 3.24. The van der Waals surface area contributed by atoms with Crippen molar-refractivity contribution >= 4 is 0 Å². The Morgan fingerprint density at radius 2 is 1.56 bits per heavy atom. The van der Waals surface area contributed by atoms with Crippen LogP contribution >= 0.6 is 0 Å². The summed E-state index contributed by atoms with van der Waals surface area (Å²) in [6.07, 6.45) is 2.68. The molecule has 108 valence electrons. The van der Waals surface area contributed by atoms with E-state index in [1.807, 2.05) is 0 Å². The maximum Gasteiger partial charge on any atom is 0.00248 e. The first-order chi connectivity index (χ1) is 8.49. The summed E-state index contributed by atoms with van der Waals surface area (Å²) < 4.78 is 0. The minimum Gasteiger partial charge on any atom is -0.316 e. The quantitative estimate of drug-likeness (QED) is 0.715. The Hall–Kier alpha value is -0.0800. The van der Waals surface area contributed by atoms with Crippen molar-refractivity contribution in [2.24, 2.45) is 23.7 Å². The number of hydrogen-bond acceptors (Lipinski definition) is 2. The molecule has 1 fully saturated rings. The van der Waals surface area contributed by atoms with Gasteiger partial charge >= 0.3 is 0 Å². The Morgan fingerprint density at radius 3 is 1.94 bits per heavy atom. The summed E-state index contributed by atoms with van der Waals surface area (Å²) >= 11 is 0. The summed E-state index contributed by atoms with van der Waals surface area (Å²) in [7, 11) is 0. The van der Waals surface area contributed by atoms with Crippen molar-refractivity contribution in [3.05, 3.63) is 0 Å². The van der Waals surface area contributed by atoms with Gasteiger partial charge in [-0.05, 0) is 62.7 Å². The molecule has 1 saturated heterocycles. The predicted molar refractivity (Wildman–Crippen MR) is 80.9 cm³/mol. The van der Waals surface area contributed by atoms with Gasteiger partial charge in [0.05, 0.1) is 0 Å². The summed E-state index contributed by atoms with van der Waals surface area (Å²) in [5, 5.41) is 3.53. The number of rotatable bonds is 8. The fourth-order valence-electron chi connectivity index (χ4n) is 2.62.